The van der Waals surface area contributed by atoms with E-state index in [1.165, 1.54) is 5.56 Å². The van der Waals surface area contributed by atoms with Crippen molar-refractivity contribution in [2.24, 2.45) is 0 Å². The Kier molecular flexibility index (Phi) is 5.09. The number of hydrogen-bond acceptors (Lipinski definition) is 3. The quantitative estimate of drug-likeness (QED) is 0.867. The highest BCUT2D eigenvalue weighted by molar-refractivity contribution is 6.00. The van der Waals surface area contributed by atoms with E-state index in [0.717, 1.165) is 28.8 Å². The molecule has 5 nitrogen and oxygen atoms in total. The van der Waals surface area contributed by atoms with E-state index in [1.807, 2.05) is 18.7 Å². The van der Waals surface area contributed by atoms with Crippen molar-refractivity contribution >= 4 is 17.6 Å². The highest BCUT2D eigenvalue weighted by Crippen LogP contribution is 2.30. The lowest BCUT2D eigenvalue weighted by molar-refractivity contribution is -0.118. The summed E-state index contributed by atoms with van der Waals surface area (Å²) in [6.45, 7) is 7.41. The average Bonchev–Trinajstić information content (AvgIpc) is 2.93. The van der Waals surface area contributed by atoms with Gasteiger partial charge in [-0.3, -0.25) is 4.79 Å². The summed E-state index contributed by atoms with van der Waals surface area (Å²) < 4.78 is 0. The smallest absolute Gasteiger partial charge is 0.335 e. The average molecular weight is 352 g/mol. The van der Waals surface area contributed by atoms with Crippen molar-refractivity contribution in [1.82, 2.24) is 5.32 Å². The van der Waals surface area contributed by atoms with Crippen LogP contribution in [0.5, 0.6) is 0 Å². The van der Waals surface area contributed by atoms with Gasteiger partial charge in [0.2, 0.25) is 5.91 Å². The Bertz CT molecular complexity index is 820. The van der Waals surface area contributed by atoms with E-state index in [2.05, 4.69) is 24.4 Å². The van der Waals surface area contributed by atoms with E-state index in [1.54, 1.807) is 24.3 Å². The molecule has 0 bridgehead atoms. The van der Waals surface area contributed by atoms with Gasteiger partial charge in [-0.05, 0) is 56.0 Å². The van der Waals surface area contributed by atoms with Crippen LogP contribution in [0.1, 0.15) is 39.0 Å². The number of nitrogens with one attached hydrogen (secondary N) is 1. The molecule has 5 heteroatoms. The lowest BCUT2D eigenvalue weighted by Gasteiger charge is -2.22. The van der Waals surface area contributed by atoms with Gasteiger partial charge in [-0.25, -0.2) is 4.79 Å². The molecule has 2 N–H and O–H groups in total. The first-order chi connectivity index (χ1) is 12.4. The van der Waals surface area contributed by atoms with Gasteiger partial charge in [0.1, 0.15) is 0 Å². The SMILES string of the molecule is Cc1cc(C)c(N2CCC(NCc3ccc(C(=O)O)cc3)C2=O)c(C)c1. The van der Waals surface area contributed by atoms with Gasteiger partial charge < -0.3 is 15.3 Å². The van der Waals surface area contributed by atoms with Gasteiger partial charge in [0.15, 0.2) is 0 Å². The summed E-state index contributed by atoms with van der Waals surface area (Å²) in [6, 6.07) is 10.7. The molecule has 0 spiro atoms. The number of hydrogen-bond donors (Lipinski definition) is 2. The third-order valence-corrected chi connectivity index (χ3v) is 4.86. The molecule has 0 radical (unpaired) electrons. The van der Waals surface area contributed by atoms with Gasteiger partial charge in [0.05, 0.1) is 11.6 Å². The molecule has 136 valence electrons. The zero-order valence-corrected chi connectivity index (χ0v) is 15.4. The second kappa shape index (κ2) is 7.30. The molecule has 26 heavy (non-hydrogen) atoms. The first-order valence-electron chi connectivity index (χ1n) is 8.81. The number of carboxylic acids is 1. The van der Waals surface area contributed by atoms with Crippen LogP contribution in [0.25, 0.3) is 0 Å². The Hall–Kier alpha value is -2.66. The minimum atomic E-state index is -0.935. The van der Waals surface area contributed by atoms with E-state index in [0.29, 0.717) is 13.1 Å². The summed E-state index contributed by atoms with van der Waals surface area (Å²) in [5.41, 5.74) is 5.71. The number of carboxylic acid groups (broad SMARTS) is 1. The third kappa shape index (κ3) is 3.63. The minimum absolute atomic E-state index is 0.0993. The van der Waals surface area contributed by atoms with Crippen LogP contribution in [-0.4, -0.2) is 29.6 Å². The molecule has 1 heterocycles. The standard InChI is InChI=1S/C21H24N2O3/c1-13-10-14(2)19(15(3)11-13)23-9-8-18(20(23)24)22-12-16-4-6-17(7-5-16)21(25)26/h4-7,10-11,18,22H,8-9,12H2,1-3H3,(H,25,26). The van der Waals surface area contributed by atoms with Crippen LogP contribution in [0, 0.1) is 20.8 Å². The van der Waals surface area contributed by atoms with E-state index < -0.39 is 5.97 Å². The van der Waals surface area contributed by atoms with Crippen molar-refractivity contribution in [1.29, 1.82) is 0 Å². The molecule has 1 fully saturated rings. The largest absolute Gasteiger partial charge is 0.478 e. The normalized spacial score (nSPS) is 17.0. The highest BCUT2D eigenvalue weighted by Gasteiger charge is 2.33. The molecule has 0 aromatic heterocycles. The van der Waals surface area contributed by atoms with Gasteiger partial charge >= 0.3 is 5.97 Å². The lowest BCUT2D eigenvalue weighted by Crippen LogP contribution is -2.38. The second-order valence-corrected chi connectivity index (χ2v) is 6.96. The van der Waals surface area contributed by atoms with Crippen LogP contribution in [0.2, 0.25) is 0 Å². The third-order valence-electron chi connectivity index (χ3n) is 4.86. The predicted molar refractivity (Wildman–Crippen MR) is 102 cm³/mol. The van der Waals surface area contributed by atoms with Gasteiger partial charge in [0.25, 0.3) is 0 Å². The van der Waals surface area contributed by atoms with Crippen LogP contribution < -0.4 is 10.2 Å². The number of carbonyl (C=O) groups is 2. The number of nitrogens with zero attached hydrogens (tertiary/aromatic N) is 1. The zero-order chi connectivity index (χ0) is 18.8. The van der Waals surface area contributed by atoms with Crippen LogP contribution in [-0.2, 0) is 11.3 Å². The molecule has 1 amide bonds. The Balaban J connectivity index is 1.67. The van der Waals surface area contributed by atoms with Gasteiger partial charge in [-0.2, -0.15) is 0 Å². The monoisotopic (exact) mass is 352 g/mol. The van der Waals surface area contributed by atoms with Crippen LogP contribution in [0.15, 0.2) is 36.4 Å². The molecule has 0 aliphatic carbocycles. The Morgan fingerprint density at radius 1 is 1.15 bits per heavy atom. The molecule has 1 unspecified atom stereocenters. The van der Waals surface area contributed by atoms with E-state index in [4.69, 9.17) is 5.11 Å². The Labute approximate surface area is 153 Å². The summed E-state index contributed by atoms with van der Waals surface area (Å²) >= 11 is 0. The van der Waals surface area contributed by atoms with Crippen molar-refractivity contribution in [2.75, 3.05) is 11.4 Å². The Morgan fingerprint density at radius 3 is 2.35 bits per heavy atom. The number of amides is 1. The molecular formula is C21H24N2O3. The summed E-state index contributed by atoms with van der Waals surface area (Å²) in [5.74, 6) is -0.836. The number of rotatable bonds is 5. The number of aryl methyl sites for hydroxylation is 3. The minimum Gasteiger partial charge on any atom is -0.478 e. The number of aromatic carboxylic acids is 1. The van der Waals surface area contributed by atoms with Gasteiger partial charge in [-0.15, -0.1) is 0 Å². The molecule has 0 saturated carbocycles. The molecule has 1 atom stereocenters. The molecule has 2 aromatic carbocycles. The number of carbonyl (C=O) groups excluding carboxylic acids is 1. The van der Waals surface area contributed by atoms with E-state index in [9.17, 15) is 9.59 Å². The van der Waals surface area contributed by atoms with Crippen molar-refractivity contribution in [2.45, 2.75) is 39.8 Å². The molecule has 3 rings (SSSR count). The fourth-order valence-corrected chi connectivity index (χ4v) is 3.70. The maximum atomic E-state index is 12.8. The first-order valence-corrected chi connectivity index (χ1v) is 8.81. The molecule has 1 saturated heterocycles. The van der Waals surface area contributed by atoms with Crippen molar-refractivity contribution < 1.29 is 14.7 Å². The van der Waals surface area contributed by atoms with E-state index in [-0.39, 0.29) is 17.5 Å². The van der Waals surface area contributed by atoms with Crippen molar-refractivity contribution in [3.05, 3.63) is 64.2 Å². The van der Waals surface area contributed by atoms with Crippen LogP contribution in [0.4, 0.5) is 5.69 Å². The molecular weight excluding hydrogens is 328 g/mol. The number of benzene rings is 2. The fraction of sp³-hybridized carbons (Fsp3) is 0.333. The predicted octanol–water partition coefficient (Wildman–Crippen LogP) is 3.21. The fourth-order valence-electron chi connectivity index (χ4n) is 3.70. The summed E-state index contributed by atoms with van der Waals surface area (Å²) in [7, 11) is 0. The molecule has 1 aliphatic rings. The molecule has 2 aromatic rings. The van der Waals surface area contributed by atoms with Gasteiger partial charge in [-0.1, -0.05) is 29.8 Å². The van der Waals surface area contributed by atoms with Crippen molar-refractivity contribution in [3.63, 3.8) is 0 Å². The highest BCUT2D eigenvalue weighted by atomic mass is 16.4. The maximum Gasteiger partial charge on any atom is 0.335 e. The van der Waals surface area contributed by atoms with Crippen LogP contribution in [0.3, 0.4) is 0 Å². The van der Waals surface area contributed by atoms with Crippen LogP contribution >= 0.6 is 0 Å². The van der Waals surface area contributed by atoms with Gasteiger partial charge in [0, 0.05) is 18.8 Å². The molecule has 1 aliphatic heterocycles. The lowest BCUT2D eigenvalue weighted by atomic mass is 10.0. The van der Waals surface area contributed by atoms with E-state index >= 15 is 0 Å². The number of anilines is 1. The summed E-state index contributed by atoms with van der Waals surface area (Å²) in [6.07, 6.45) is 0.763. The second-order valence-electron chi connectivity index (χ2n) is 6.96. The summed E-state index contributed by atoms with van der Waals surface area (Å²) in [5, 5.41) is 12.3. The summed E-state index contributed by atoms with van der Waals surface area (Å²) in [4.78, 5) is 25.6. The first kappa shape index (κ1) is 18.1. The Morgan fingerprint density at radius 2 is 1.77 bits per heavy atom. The topological polar surface area (TPSA) is 69.6 Å². The maximum absolute atomic E-state index is 12.8. The zero-order valence-electron chi connectivity index (χ0n) is 15.4. The van der Waals surface area contributed by atoms with Crippen molar-refractivity contribution in [3.8, 4) is 0 Å².